The van der Waals surface area contributed by atoms with E-state index < -0.39 is 17.5 Å². The lowest BCUT2D eigenvalue weighted by atomic mass is 10.2. The molecular formula is C8H5F3N3O2+. The number of alkyl halides is 3. The molecule has 8 heteroatoms. The van der Waals surface area contributed by atoms with Gasteiger partial charge in [-0.3, -0.25) is 0 Å². The Kier molecular flexibility index (Phi) is 2.26. The van der Waals surface area contributed by atoms with Gasteiger partial charge in [0.15, 0.2) is 0 Å². The summed E-state index contributed by atoms with van der Waals surface area (Å²) in [7, 11) is 0. The van der Waals surface area contributed by atoms with E-state index >= 15 is 0 Å². The molecule has 0 atom stereocenters. The molecule has 2 aromatic rings. The highest BCUT2D eigenvalue weighted by atomic mass is 19.4. The minimum absolute atomic E-state index is 0.0562. The van der Waals surface area contributed by atoms with Crippen LogP contribution in [0.4, 0.5) is 13.2 Å². The van der Waals surface area contributed by atoms with Crippen LogP contribution in [0.5, 0.6) is 0 Å². The number of nitrogens with one attached hydrogen (secondary N) is 1. The van der Waals surface area contributed by atoms with Crippen molar-refractivity contribution in [3.8, 4) is 5.69 Å². The largest absolute Gasteiger partial charge is 0.493 e. The maximum Gasteiger partial charge on any atom is 0.493 e. The number of rotatable bonds is 1. The van der Waals surface area contributed by atoms with Crippen molar-refractivity contribution >= 4 is 0 Å². The summed E-state index contributed by atoms with van der Waals surface area (Å²) in [6.07, 6.45) is -4.44. The van der Waals surface area contributed by atoms with Gasteiger partial charge in [-0.15, -0.1) is 0 Å². The van der Waals surface area contributed by atoms with Crippen molar-refractivity contribution in [3.05, 3.63) is 40.4 Å². The van der Waals surface area contributed by atoms with Gasteiger partial charge in [-0.05, 0) is 6.07 Å². The predicted octanol–water partition coefficient (Wildman–Crippen LogP) is 0.658. The quantitative estimate of drug-likeness (QED) is 0.734. The summed E-state index contributed by atoms with van der Waals surface area (Å²) in [6.45, 7) is 0. The molecule has 0 radical (unpaired) electrons. The van der Waals surface area contributed by atoms with Crippen LogP contribution in [0.25, 0.3) is 5.69 Å². The zero-order valence-corrected chi connectivity index (χ0v) is 7.65. The second-order valence-electron chi connectivity index (χ2n) is 2.93. The number of aromatic amines is 1. The molecule has 16 heavy (non-hydrogen) atoms. The SMILES string of the molecule is O=c1[nH][n+](-c2cccc(C(F)(F)F)c2)no1. The third kappa shape index (κ3) is 1.95. The molecule has 0 aliphatic heterocycles. The zero-order chi connectivity index (χ0) is 11.8. The molecule has 0 aliphatic rings. The summed E-state index contributed by atoms with van der Waals surface area (Å²) in [5.41, 5.74) is -0.776. The van der Waals surface area contributed by atoms with Gasteiger partial charge in [0.05, 0.1) is 10.4 Å². The van der Waals surface area contributed by atoms with Crippen molar-refractivity contribution in [2.24, 2.45) is 0 Å². The average molecular weight is 232 g/mol. The predicted molar refractivity (Wildman–Crippen MR) is 43.7 cm³/mol. The summed E-state index contributed by atoms with van der Waals surface area (Å²) >= 11 is 0. The van der Waals surface area contributed by atoms with E-state index in [0.717, 1.165) is 16.9 Å². The Morgan fingerprint density at radius 1 is 1.38 bits per heavy atom. The molecule has 84 valence electrons. The fourth-order valence-corrected chi connectivity index (χ4v) is 1.13. The first-order chi connectivity index (χ1) is 7.47. The molecule has 0 spiro atoms. The second-order valence-corrected chi connectivity index (χ2v) is 2.93. The summed E-state index contributed by atoms with van der Waals surface area (Å²) in [4.78, 5) is 11.4. The molecule has 0 unspecified atom stereocenters. The van der Waals surface area contributed by atoms with Crippen LogP contribution < -0.4 is 10.6 Å². The minimum atomic E-state index is -4.44. The molecule has 1 aromatic heterocycles. The van der Waals surface area contributed by atoms with Crippen molar-refractivity contribution in [2.45, 2.75) is 6.18 Å². The van der Waals surface area contributed by atoms with E-state index in [4.69, 9.17) is 0 Å². The third-order valence-corrected chi connectivity index (χ3v) is 1.82. The number of hydrogen-bond donors (Lipinski definition) is 1. The normalized spacial score (nSPS) is 11.7. The molecule has 5 nitrogen and oxygen atoms in total. The van der Waals surface area contributed by atoms with Crippen molar-refractivity contribution < 1.29 is 22.5 Å². The smallest absolute Gasteiger partial charge is 0.239 e. The van der Waals surface area contributed by atoms with E-state index in [-0.39, 0.29) is 5.69 Å². The van der Waals surface area contributed by atoms with Crippen LogP contribution in [0.1, 0.15) is 5.56 Å². The summed E-state index contributed by atoms with van der Waals surface area (Å²) in [6, 6.07) is 4.33. The maximum atomic E-state index is 12.4. The molecule has 1 N–H and O–H groups in total. The second kappa shape index (κ2) is 3.47. The Morgan fingerprint density at radius 3 is 2.69 bits per heavy atom. The van der Waals surface area contributed by atoms with Crippen LogP contribution in [0.3, 0.4) is 0 Å². The standard InChI is InChI=1S/C8H4F3N3O2/c9-8(10,11)5-2-1-3-6(4-5)14-12-7(15)16-13-14/h1-4H/p+1. The molecular weight excluding hydrogens is 227 g/mol. The summed E-state index contributed by atoms with van der Waals surface area (Å²) in [5, 5.41) is 5.30. The Balaban J connectivity index is 2.48. The van der Waals surface area contributed by atoms with Gasteiger partial charge in [0.1, 0.15) is 0 Å². The first kappa shape index (κ1) is 10.4. The van der Waals surface area contributed by atoms with E-state index in [1.807, 2.05) is 0 Å². The fraction of sp³-hybridized carbons (Fsp3) is 0.125. The first-order valence-corrected chi connectivity index (χ1v) is 4.13. The lowest BCUT2D eigenvalue weighted by Crippen LogP contribution is -2.37. The zero-order valence-electron chi connectivity index (χ0n) is 7.65. The van der Waals surface area contributed by atoms with Crippen LogP contribution >= 0.6 is 0 Å². The molecule has 0 amide bonds. The van der Waals surface area contributed by atoms with Crippen molar-refractivity contribution in [2.75, 3.05) is 0 Å². The van der Waals surface area contributed by atoms with Gasteiger partial charge in [0, 0.05) is 12.1 Å². The van der Waals surface area contributed by atoms with Gasteiger partial charge in [-0.1, -0.05) is 11.2 Å². The molecule has 0 aliphatic carbocycles. The Hall–Kier alpha value is -2.12. The van der Waals surface area contributed by atoms with Crippen molar-refractivity contribution in [3.63, 3.8) is 0 Å². The molecule has 2 rings (SSSR count). The lowest BCUT2D eigenvalue weighted by Gasteiger charge is -2.04. The summed E-state index contributed by atoms with van der Waals surface area (Å²) < 4.78 is 41.3. The number of H-pyrrole nitrogens is 1. The highest BCUT2D eigenvalue weighted by molar-refractivity contribution is 5.29. The van der Waals surface area contributed by atoms with Gasteiger partial charge in [-0.25, -0.2) is 9.32 Å². The number of hydrogen-bond acceptors (Lipinski definition) is 3. The van der Waals surface area contributed by atoms with E-state index in [9.17, 15) is 18.0 Å². The number of nitrogens with zero attached hydrogens (tertiary/aromatic N) is 2. The topological polar surface area (TPSA) is 62.8 Å². The van der Waals surface area contributed by atoms with E-state index in [1.54, 1.807) is 0 Å². The Labute approximate surface area is 86.1 Å². The van der Waals surface area contributed by atoms with Gasteiger partial charge in [-0.2, -0.15) is 13.2 Å². The molecule has 0 saturated carbocycles. The number of aromatic nitrogens is 3. The van der Waals surface area contributed by atoms with Crippen molar-refractivity contribution in [1.29, 1.82) is 0 Å². The molecule has 1 heterocycles. The van der Waals surface area contributed by atoms with Gasteiger partial charge in [0.25, 0.3) is 5.69 Å². The van der Waals surface area contributed by atoms with Crippen LogP contribution in [0.15, 0.2) is 33.6 Å². The number of benzene rings is 1. The monoisotopic (exact) mass is 232 g/mol. The average Bonchev–Trinajstić information content (AvgIpc) is 2.64. The number of halogens is 3. The molecule has 0 saturated heterocycles. The summed E-state index contributed by atoms with van der Waals surface area (Å²) in [5.74, 6) is -0.850. The van der Waals surface area contributed by atoms with Gasteiger partial charge >= 0.3 is 11.9 Å². The van der Waals surface area contributed by atoms with Gasteiger partial charge in [0.2, 0.25) is 5.27 Å². The van der Waals surface area contributed by atoms with Crippen LogP contribution in [0.2, 0.25) is 0 Å². The first-order valence-electron chi connectivity index (χ1n) is 4.13. The van der Waals surface area contributed by atoms with Crippen LogP contribution in [-0.4, -0.2) is 10.4 Å². The lowest BCUT2D eigenvalue weighted by molar-refractivity contribution is -0.725. The Bertz CT molecular complexity index is 558. The van der Waals surface area contributed by atoms with Gasteiger partial charge < -0.3 is 0 Å². The maximum absolute atomic E-state index is 12.4. The third-order valence-electron chi connectivity index (χ3n) is 1.82. The molecule has 0 bridgehead atoms. The Morgan fingerprint density at radius 2 is 2.12 bits per heavy atom. The highest BCUT2D eigenvalue weighted by Gasteiger charge is 2.32. The van der Waals surface area contributed by atoms with E-state index in [0.29, 0.717) is 0 Å². The van der Waals surface area contributed by atoms with Crippen LogP contribution in [0, 0.1) is 0 Å². The van der Waals surface area contributed by atoms with E-state index in [1.165, 1.54) is 12.1 Å². The minimum Gasteiger partial charge on any atom is -0.239 e. The highest BCUT2D eigenvalue weighted by Crippen LogP contribution is 2.29. The van der Waals surface area contributed by atoms with E-state index in [2.05, 4.69) is 14.9 Å². The molecule has 1 aromatic carbocycles. The fourth-order valence-electron chi connectivity index (χ4n) is 1.13. The van der Waals surface area contributed by atoms with Crippen molar-refractivity contribution in [1.82, 2.24) is 10.4 Å². The molecule has 0 fully saturated rings. The van der Waals surface area contributed by atoms with Crippen LogP contribution in [-0.2, 0) is 6.18 Å².